The van der Waals surface area contributed by atoms with Crippen LogP contribution in [0.2, 0.25) is 10.0 Å². The first-order valence-electron chi connectivity index (χ1n) is 7.28. The Kier molecular flexibility index (Phi) is 4.73. The summed E-state index contributed by atoms with van der Waals surface area (Å²) in [4.78, 5) is 2.20. The van der Waals surface area contributed by atoms with Gasteiger partial charge in [0.2, 0.25) is 0 Å². The lowest BCUT2D eigenvalue weighted by Crippen LogP contribution is -2.21. The topological polar surface area (TPSA) is 49.5 Å². The first-order valence-corrected chi connectivity index (χ1v) is 8.03. The second-order valence-electron chi connectivity index (χ2n) is 5.90. The third-order valence-corrected chi connectivity index (χ3v) is 4.62. The third kappa shape index (κ3) is 3.63. The monoisotopic (exact) mass is 340 g/mol. The number of rotatable bonds is 4. The van der Waals surface area contributed by atoms with E-state index in [9.17, 15) is 5.11 Å². The van der Waals surface area contributed by atoms with Crippen molar-refractivity contribution in [1.82, 2.24) is 10.1 Å². The minimum atomic E-state index is -0.364. The summed E-state index contributed by atoms with van der Waals surface area (Å²) in [6.45, 7) is 4.04. The molecule has 1 aliphatic heterocycles. The van der Waals surface area contributed by atoms with Crippen LogP contribution in [0.3, 0.4) is 0 Å². The highest BCUT2D eigenvalue weighted by Crippen LogP contribution is 2.27. The van der Waals surface area contributed by atoms with Gasteiger partial charge in [0, 0.05) is 48.1 Å². The molecule has 0 radical (unpaired) electrons. The van der Waals surface area contributed by atoms with Crippen molar-refractivity contribution >= 4 is 23.2 Å². The number of benzene rings is 1. The van der Waals surface area contributed by atoms with E-state index in [1.54, 1.807) is 6.07 Å². The Morgan fingerprint density at radius 3 is 2.82 bits per heavy atom. The van der Waals surface area contributed by atoms with E-state index < -0.39 is 0 Å². The lowest BCUT2D eigenvalue weighted by molar-refractivity contribution is 0.137. The highest BCUT2D eigenvalue weighted by Gasteiger charge is 2.32. The number of nitrogens with zero attached hydrogens (tertiary/aromatic N) is 2. The van der Waals surface area contributed by atoms with Gasteiger partial charge in [-0.25, -0.2) is 0 Å². The van der Waals surface area contributed by atoms with E-state index in [4.69, 9.17) is 27.7 Å². The summed E-state index contributed by atoms with van der Waals surface area (Å²) in [6.07, 6.45) is 0.337. The minimum Gasteiger partial charge on any atom is -0.391 e. The maximum atomic E-state index is 10.3. The molecule has 3 rings (SSSR count). The molecule has 118 valence electrons. The number of halogens is 2. The second-order valence-corrected chi connectivity index (χ2v) is 6.74. The summed E-state index contributed by atoms with van der Waals surface area (Å²) >= 11 is 12.1. The van der Waals surface area contributed by atoms with Gasteiger partial charge in [-0.1, -0.05) is 34.4 Å². The Hall–Kier alpha value is -1.07. The normalized spacial score (nSPS) is 22.4. The molecule has 1 saturated heterocycles. The van der Waals surface area contributed by atoms with Crippen molar-refractivity contribution in [1.29, 1.82) is 0 Å². The number of aliphatic hydroxyl groups is 1. The Bertz CT molecular complexity index is 659. The first kappa shape index (κ1) is 15.8. The van der Waals surface area contributed by atoms with Crippen molar-refractivity contribution in [2.45, 2.75) is 26.0 Å². The summed E-state index contributed by atoms with van der Waals surface area (Å²) in [7, 11) is 0. The molecule has 1 aromatic carbocycles. The molecule has 1 aliphatic rings. The molecule has 4 nitrogen and oxygen atoms in total. The van der Waals surface area contributed by atoms with Crippen LogP contribution in [0.1, 0.15) is 17.0 Å². The summed E-state index contributed by atoms with van der Waals surface area (Å²) in [6, 6.07) is 7.44. The van der Waals surface area contributed by atoms with Crippen molar-refractivity contribution in [3.8, 4) is 0 Å². The van der Waals surface area contributed by atoms with Crippen LogP contribution in [0.25, 0.3) is 0 Å². The Labute approximate surface area is 139 Å². The van der Waals surface area contributed by atoms with Crippen LogP contribution >= 0.6 is 23.2 Å². The van der Waals surface area contributed by atoms with Crippen LogP contribution in [0.4, 0.5) is 0 Å². The number of likely N-dealkylation sites (tertiary alicyclic amines) is 1. The average Bonchev–Trinajstić information content (AvgIpc) is 3.00. The molecule has 2 atom stereocenters. The lowest BCUT2D eigenvalue weighted by atomic mass is 10.0. The predicted octanol–water partition coefficient (Wildman–Crippen LogP) is 3.33. The fraction of sp³-hybridized carbons (Fsp3) is 0.438. The van der Waals surface area contributed by atoms with Gasteiger partial charge in [-0.05, 0) is 24.6 Å². The fourth-order valence-electron chi connectivity index (χ4n) is 2.93. The molecule has 1 N–H and O–H groups in total. The molecule has 22 heavy (non-hydrogen) atoms. The van der Waals surface area contributed by atoms with E-state index in [1.165, 1.54) is 0 Å². The number of aliphatic hydroxyl groups excluding tert-OH is 1. The molecule has 0 bridgehead atoms. The number of aryl methyl sites for hydroxylation is 1. The smallest absolute Gasteiger partial charge is 0.137 e. The van der Waals surface area contributed by atoms with Crippen LogP contribution in [0.15, 0.2) is 28.8 Å². The van der Waals surface area contributed by atoms with Gasteiger partial charge in [0.25, 0.3) is 0 Å². The molecule has 0 unspecified atom stereocenters. The number of β-amino-alcohol motifs (C(OH)–C–C–N with tert-alkyl or cyclic N) is 1. The van der Waals surface area contributed by atoms with Crippen LogP contribution in [0.5, 0.6) is 0 Å². The van der Waals surface area contributed by atoms with Crippen molar-refractivity contribution < 1.29 is 9.63 Å². The van der Waals surface area contributed by atoms with Gasteiger partial charge in [-0.2, -0.15) is 0 Å². The molecule has 0 amide bonds. The number of hydrogen-bond donors (Lipinski definition) is 1. The maximum Gasteiger partial charge on any atom is 0.137 e. The zero-order valence-corrected chi connectivity index (χ0v) is 13.8. The van der Waals surface area contributed by atoms with E-state index >= 15 is 0 Å². The number of hydrogen-bond acceptors (Lipinski definition) is 4. The van der Waals surface area contributed by atoms with Gasteiger partial charge in [-0.3, -0.25) is 4.90 Å². The average molecular weight is 341 g/mol. The molecular weight excluding hydrogens is 323 g/mol. The Morgan fingerprint density at radius 1 is 1.32 bits per heavy atom. The summed E-state index contributed by atoms with van der Waals surface area (Å²) in [5.41, 5.74) is 1.89. The zero-order valence-electron chi connectivity index (χ0n) is 12.3. The highest BCUT2D eigenvalue weighted by atomic mass is 35.5. The third-order valence-electron chi connectivity index (χ3n) is 4.03. The van der Waals surface area contributed by atoms with Gasteiger partial charge in [-0.15, -0.1) is 0 Å². The van der Waals surface area contributed by atoms with Crippen LogP contribution < -0.4 is 0 Å². The predicted molar refractivity (Wildman–Crippen MR) is 86.2 cm³/mol. The van der Waals surface area contributed by atoms with Gasteiger partial charge < -0.3 is 9.63 Å². The van der Waals surface area contributed by atoms with Gasteiger partial charge >= 0.3 is 0 Å². The molecule has 2 aromatic rings. The van der Waals surface area contributed by atoms with Gasteiger partial charge in [0.15, 0.2) is 0 Å². The van der Waals surface area contributed by atoms with E-state index in [0.717, 1.165) is 23.6 Å². The van der Waals surface area contributed by atoms with Crippen molar-refractivity contribution in [3.05, 3.63) is 51.3 Å². The van der Waals surface area contributed by atoms with E-state index in [-0.39, 0.29) is 12.0 Å². The molecule has 6 heteroatoms. The van der Waals surface area contributed by atoms with Gasteiger partial charge in [0.1, 0.15) is 5.76 Å². The second kappa shape index (κ2) is 6.59. The molecular formula is C16H18Cl2N2O2. The lowest BCUT2D eigenvalue weighted by Gasteiger charge is -2.16. The van der Waals surface area contributed by atoms with E-state index in [1.807, 2.05) is 25.1 Å². The van der Waals surface area contributed by atoms with Crippen LogP contribution in [0, 0.1) is 12.8 Å². The SMILES string of the molecule is Cc1cc(C[C@@H]2CN(Cc3ccc(Cl)cc3Cl)C[C@@H]2O)on1. The quantitative estimate of drug-likeness (QED) is 0.927. The van der Waals surface area contributed by atoms with Crippen LogP contribution in [-0.4, -0.2) is 34.4 Å². The van der Waals surface area contributed by atoms with E-state index in [2.05, 4.69) is 10.1 Å². The maximum absolute atomic E-state index is 10.3. The Balaban J connectivity index is 1.62. The highest BCUT2D eigenvalue weighted by molar-refractivity contribution is 6.35. The largest absolute Gasteiger partial charge is 0.391 e. The Morgan fingerprint density at radius 2 is 2.14 bits per heavy atom. The minimum absolute atomic E-state index is 0.151. The zero-order chi connectivity index (χ0) is 15.7. The van der Waals surface area contributed by atoms with Crippen molar-refractivity contribution in [2.24, 2.45) is 5.92 Å². The summed E-state index contributed by atoms with van der Waals surface area (Å²) in [5, 5.41) is 15.4. The van der Waals surface area contributed by atoms with Crippen molar-refractivity contribution in [2.75, 3.05) is 13.1 Å². The first-order chi connectivity index (χ1) is 10.5. The summed E-state index contributed by atoms with van der Waals surface area (Å²) in [5.74, 6) is 0.978. The molecule has 0 aliphatic carbocycles. The van der Waals surface area contributed by atoms with Gasteiger partial charge in [0.05, 0.1) is 11.8 Å². The van der Waals surface area contributed by atoms with Crippen LogP contribution in [-0.2, 0) is 13.0 Å². The molecule has 2 heterocycles. The molecule has 0 saturated carbocycles. The fourth-order valence-corrected chi connectivity index (χ4v) is 3.40. The molecule has 1 aromatic heterocycles. The standard InChI is InChI=1S/C16H18Cl2N2O2/c1-10-4-14(22-19-10)5-12-8-20(9-16(12)21)7-11-2-3-13(17)6-15(11)18/h2-4,6,12,16,21H,5,7-9H2,1H3/t12-,16+/m1/s1. The van der Waals surface area contributed by atoms with E-state index in [0.29, 0.717) is 29.6 Å². The van der Waals surface area contributed by atoms with Crippen molar-refractivity contribution in [3.63, 3.8) is 0 Å². The molecule has 0 spiro atoms. The number of aromatic nitrogens is 1. The summed E-state index contributed by atoms with van der Waals surface area (Å²) < 4.78 is 5.24. The molecule has 1 fully saturated rings.